The van der Waals surface area contributed by atoms with Gasteiger partial charge in [-0.3, -0.25) is 4.79 Å². The first kappa shape index (κ1) is 25.1. The van der Waals surface area contributed by atoms with E-state index in [0.29, 0.717) is 0 Å². The molecule has 2 aliphatic rings. The van der Waals surface area contributed by atoms with E-state index in [-0.39, 0.29) is 11.2 Å². The van der Waals surface area contributed by atoms with E-state index in [9.17, 15) is 4.79 Å². The zero-order chi connectivity index (χ0) is 27.4. The number of hydrogen-bond donors (Lipinski definition) is 0. The van der Waals surface area contributed by atoms with Gasteiger partial charge in [0, 0.05) is 23.7 Å². The Kier molecular flexibility index (Phi) is 5.95. The summed E-state index contributed by atoms with van der Waals surface area (Å²) in [4.78, 5) is 17.2. The Bertz CT molecular complexity index is 1610. The number of allylic oxidation sites excluding steroid dienone is 2. The van der Waals surface area contributed by atoms with Gasteiger partial charge in [0.05, 0.1) is 11.5 Å². The Morgan fingerprint density at radius 3 is 1.95 bits per heavy atom. The average molecular weight is 510 g/mol. The molecular formula is C37H35NO. The standard InChI is InChI=1S/C37H35NO/c1-25-15-19-27(20-16-25)30-23-31(28-11-7-6-8-12-28)34(35(39)29-21-17-26(2)18-22-29)37(24-30)36(3,4)32-13-9-10-14-33(32)38(37)5/h6-24,34H,1-5H3/t34-,37+/m0/s1. The maximum absolute atomic E-state index is 14.8. The second-order valence-corrected chi connectivity index (χ2v) is 11.6. The van der Waals surface area contributed by atoms with Gasteiger partial charge >= 0.3 is 0 Å². The number of likely N-dealkylation sites (N-methyl/N-ethyl adjacent to an activating group) is 1. The quantitative estimate of drug-likeness (QED) is 0.257. The third-order valence-electron chi connectivity index (χ3n) is 9.02. The minimum atomic E-state index is -0.626. The van der Waals surface area contributed by atoms with E-state index >= 15 is 0 Å². The molecule has 39 heavy (non-hydrogen) atoms. The molecule has 0 unspecified atom stereocenters. The molecule has 1 heterocycles. The van der Waals surface area contributed by atoms with E-state index in [1.165, 1.54) is 16.8 Å². The van der Waals surface area contributed by atoms with Crippen LogP contribution in [0.25, 0.3) is 11.1 Å². The molecule has 6 rings (SSSR count). The first-order chi connectivity index (χ1) is 18.7. The minimum absolute atomic E-state index is 0.150. The molecule has 1 spiro atoms. The first-order valence-corrected chi connectivity index (χ1v) is 13.8. The third-order valence-corrected chi connectivity index (χ3v) is 9.02. The summed E-state index contributed by atoms with van der Waals surface area (Å²) in [6.07, 6.45) is 4.65. The second kappa shape index (κ2) is 9.24. The predicted molar refractivity (Wildman–Crippen MR) is 163 cm³/mol. The number of aryl methyl sites for hydroxylation is 2. The van der Waals surface area contributed by atoms with E-state index in [2.05, 4.69) is 125 Å². The largest absolute Gasteiger partial charge is 0.363 e. The van der Waals surface area contributed by atoms with E-state index in [0.717, 1.165) is 33.4 Å². The number of nitrogens with zero attached hydrogens (tertiary/aromatic N) is 1. The molecule has 2 atom stereocenters. The zero-order valence-corrected chi connectivity index (χ0v) is 23.4. The van der Waals surface area contributed by atoms with Crippen molar-refractivity contribution in [2.24, 2.45) is 5.92 Å². The molecule has 0 bridgehead atoms. The van der Waals surface area contributed by atoms with Crippen molar-refractivity contribution in [2.45, 2.75) is 38.6 Å². The van der Waals surface area contributed by atoms with E-state index in [1.54, 1.807) is 0 Å². The Balaban J connectivity index is 1.67. The summed E-state index contributed by atoms with van der Waals surface area (Å²) in [7, 11) is 2.17. The number of para-hydroxylation sites is 1. The topological polar surface area (TPSA) is 20.3 Å². The molecule has 2 nitrogen and oxygen atoms in total. The highest BCUT2D eigenvalue weighted by Crippen LogP contribution is 2.60. The molecule has 4 aromatic carbocycles. The highest BCUT2D eigenvalue weighted by Gasteiger charge is 2.62. The summed E-state index contributed by atoms with van der Waals surface area (Å²) in [5.74, 6) is -0.263. The number of rotatable bonds is 4. The van der Waals surface area contributed by atoms with Gasteiger partial charge in [0.1, 0.15) is 0 Å². The average Bonchev–Trinajstić information content (AvgIpc) is 3.12. The van der Waals surface area contributed by atoms with Crippen molar-refractivity contribution >= 4 is 22.6 Å². The fraction of sp³-hybridized carbons (Fsp3) is 0.216. The van der Waals surface area contributed by atoms with Crippen LogP contribution in [0.1, 0.15) is 52.0 Å². The number of ketones is 1. The summed E-state index contributed by atoms with van der Waals surface area (Å²) < 4.78 is 0. The lowest BCUT2D eigenvalue weighted by Crippen LogP contribution is -2.61. The van der Waals surface area contributed by atoms with E-state index in [1.807, 2.05) is 30.3 Å². The Morgan fingerprint density at radius 1 is 0.718 bits per heavy atom. The summed E-state index contributed by atoms with van der Waals surface area (Å²) >= 11 is 0. The van der Waals surface area contributed by atoms with Gasteiger partial charge in [0.2, 0.25) is 0 Å². The molecule has 0 saturated heterocycles. The summed E-state index contributed by atoms with van der Waals surface area (Å²) in [6.45, 7) is 8.79. The van der Waals surface area contributed by atoms with Crippen LogP contribution in [-0.4, -0.2) is 18.4 Å². The van der Waals surface area contributed by atoms with Crippen LogP contribution in [0.5, 0.6) is 0 Å². The molecule has 0 amide bonds. The monoisotopic (exact) mass is 509 g/mol. The van der Waals surface area contributed by atoms with E-state index in [4.69, 9.17) is 0 Å². The number of carbonyl (C=O) groups is 1. The highest BCUT2D eigenvalue weighted by atomic mass is 16.1. The maximum Gasteiger partial charge on any atom is 0.173 e. The van der Waals surface area contributed by atoms with Gasteiger partial charge in [-0.25, -0.2) is 0 Å². The molecule has 1 aliphatic heterocycles. The smallest absolute Gasteiger partial charge is 0.173 e. The Hall–Kier alpha value is -4.17. The van der Waals surface area contributed by atoms with Crippen molar-refractivity contribution in [3.63, 3.8) is 0 Å². The summed E-state index contributed by atoms with van der Waals surface area (Å²) in [5, 5.41) is 0. The fourth-order valence-corrected chi connectivity index (χ4v) is 6.83. The van der Waals surface area contributed by atoms with Crippen molar-refractivity contribution in [1.29, 1.82) is 0 Å². The third kappa shape index (κ3) is 3.81. The van der Waals surface area contributed by atoms with E-state index < -0.39 is 11.5 Å². The lowest BCUT2D eigenvalue weighted by Gasteiger charge is -2.52. The van der Waals surface area contributed by atoms with Crippen LogP contribution in [0.15, 0.2) is 115 Å². The zero-order valence-electron chi connectivity index (χ0n) is 23.4. The number of benzene rings is 4. The summed E-state index contributed by atoms with van der Waals surface area (Å²) in [5.41, 5.74) is 9.05. The van der Waals surface area contributed by atoms with Gasteiger partial charge in [0.25, 0.3) is 0 Å². The molecule has 0 radical (unpaired) electrons. The van der Waals surface area contributed by atoms with Gasteiger partial charge in [-0.1, -0.05) is 122 Å². The lowest BCUT2D eigenvalue weighted by molar-refractivity contribution is 0.0885. The molecular weight excluding hydrogens is 474 g/mol. The second-order valence-electron chi connectivity index (χ2n) is 11.6. The van der Waals surface area contributed by atoms with Crippen LogP contribution in [0.4, 0.5) is 5.69 Å². The van der Waals surface area contributed by atoms with Crippen molar-refractivity contribution in [1.82, 2.24) is 0 Å². The molecule has 0 saturated carbocycles. The van der Waals surface area contributed by atoms with Crippen molar-refractivity contribution in [3.8, 4) is 0 Å². The van der Waals surface area contributed by atoms with Crippen LogP contribution < -0.4 is 4.90 Å². The van der Waals surface area contributed by atoms with Gasteiger partial charge in [-0.2, -0.15) is 0 Å². The van der Waals surface area contributed by atoms with Crippen LogP contribution in [0.3, 0.4) is 0 Å². The normalized spacial score (nSPS) is 21.4. The Morgan fingerprint density at radius 2 is 1.31 bits per heavy atom. The molecule has 194 valence electrons. The molecule has 1 aliphatic carbocycles. The number of hydrogen-bond acceptors (Lipinski definition) is 2. The lowest BCUT2D eigenvalue weighted by atomic mass is 9.57. The number of fused-ring (bicyclic) bond motifs is 1. The number of Topliss-reactive ketones (excluding diaryl/α,β-unsaturated/α-hetero) is 1. The molecule has 2 heteroatoms. The molecule has 0 fully saturated rings. The van der Waals surface area contributed by atoms with Crippen LogP contribution in [-0.2, 0) is 5.41 Å². The van der Waals surface area contributed by atoms with Gasteiger partial charge in [0.15, 0.2) is 5.78 Å². The Labute approximate surface area is 232 Å². The molecule has 0 N–H and O–H groups in total. The number of anilines is 1. The first-order valence-electron chi connectivity index (χ1n) is 13.8. The number of carbonyl (C=O) groups excluding carboxylic acids is 1. The molecule has 0 aromatic heterocycles. The van der Waals surface area contributed by atoms with Crippen molar-refractivity contribution < 1.29 is 4.79 Å². The van der Waals surface area contributed by atoms with Crippen LogP contribution >= 0.6 is 0 Å². The van der Waals surface area contributed by atoms with Gasteiger partial charge < -0.3 is 4.90 Å². The highest BCUT2D eigenvalue weighted by molar-refractivity contribution is 6.10. The van der Waals surface area contributed by atoms with Gasteiger partial charge in [-0.05, 0) is 59.9 Å². The summed E-state index contributed by atoms with van der Waals surface area (Å²) in [6, 6.07) is 35.9. The predicted octanol–water partition coefficient (Wildman–Crippen LogP) is 8.45. The maximum atomic E-state index is 14.8. The van der Waals surface area contributed by atoms with Crippen molar-refractivity contribution in [3.05, 3.63) is 149 Å². The fourth-order valence-electron chi connectivity index (χ4n) is 6.83. The van der Waals surface area contributed by atoms with Crippen LogP contribution in [0, 0.1) is 19.8 Å². The SMILES string of the molecule is Cc1ccc(C(=O)[C@@H]2C(c3ccccc3)=CC(c3ccc(C)cc3)=C[C@@]23N(C)c2ccccc2C3(C)C)cc1. The van der Waals surface area contributed by atoms with Crippen molar-refractivity contribution in [2.75, 3.05) is 11.9 Å². The minimum Gasteiger partial charge on any atom is -0.363 e. The molecule has 4 aromatic rings. The van der Waals surface area contributed by atoms with Crippen LogP contribution in [0.2, 0.25) is 0 Å². The van der Waals surface area contributed by atoms with Gasteiger partial charge in [-0.15, -0.1) is 0 Å².